The number of hydrogen-bond acceptors (Lipinski definition) is 5. The van der Waals surface area contributed by atoms with Crippen LogP contribution in [0.3, 0.4) is 0 Å². The molecule has 1 aliphatic rings. The number of carbonyl (C=O) groups excluding carboxylic acids is 1. The molecule has 1 aliphatic heterocycles. The molecule has 0 amide bonds. The van der Waals surface area contributed by atoms with Gasteiger partial charge in [-0.15, -0.1) is 0 Å². The van der Waals surface area contributed by atoms with Crippen LogP contribution in [-0.2, 0) is 0 Å². The lowest BCUT2D eigenvalue weighted by Crippen LogP contribution is -2.34. The van der Waals surface area contributed by atoms with Crippen LogP contribution in [0.5, 0.6) is 5.75 Å². The first-order chi connectivity index (χ1) is 12.4. The summed E-state index contributed by atoms with van der Waals surface area (Å²) in [5, 5.41) is 11.5. The minimum absolute atomic E-state index is 0.0579. The molecule has 0 spiro atoms. The lowest BCUT2D eigenvalue weighted by molar-refractivity contribution is -0.384. The van der Waals surface area contributed by atoms with E-state index in [1.54, 1.807) is 24.3 Å². The third-order valence-corrected chi connectivity index (χ3v) is 4.64. The highest BCUT2D eigenvalue weighted by Gasteiger charge is 2.25. The molecule has 2 aromatic carbocycles. The maximum atomic E-state index is 12.4. The Morgan fingerprint density at radius 3 is 2.62 bits per heavy atom. The van der Waals surface area contributed by atoms with Gasteiger partial charge in [-0.05, 0) is 49.9 Å². The molecular formula is C20H22N2O4. The van der Waals surface area contributed by atoms with E-state index in [-0.39, 0.29) is 11.3 Å². The van der Waals surface area contributed by atoms with Crippen LogP contribution in [-0.4, -0.2) is 24.0 Å². The van der Waals surface area contributed by atoms with Crippen LogP contribution in [0.2, 0.25) is 0 Å². The van der Waals surface area contributed by atoms with E-state index >= 15 is 0 Å². The van der Waals surface area contributed by atoms with Gasteiger partial charge in [0.2, 0.25) is 0 Å². The van der Waals surface area contributed by atoms with E-state index in [1.165, 1.54) is 6.07 Å². The van der Waals surface area contributed by atoms with Crippen LogP contribution in [0.4, 0.5) is 11.4 Å². The zero-order valence-corrected chi connectivity index (χ0v) is 15.0. The molecule has 6 heteroatoms. The van der Waals surface area contributed by atoms with Crippen molar-refractivity contribution in [3.63, 3.8) is 0 Å². The van der Waals surface area contributed by atoms with Crippen LogP contribution in [0, 0.1) is 23.0 Å². The monoisotopic (exact) mass is 354 g/mol. The number of carbonyl (C=O) groups is 1. The number of nitro groups is 1. The number of anilines is 1. The lowest BCUT2D eigenvalue weighted by atomic mass is 9.99. The predicted molar refractivity (Wildman–Crippen MR) is 99.8 cm³/mol. The van der Waals surface area contributed by atoms with Gasteiger partial charge >= 0.3 is 5.97 Å². The Balaban J connectivity index is 1.84. The molecular weight excluding hydrogens is 332 g/mol. The molecule has 136 valence electrons. The second-order valence-electron chi connectivity index (χ2n) is 6.86. The van der Waals surface area contributed by atoms with E-state index in [0.717, 1.165) is 31.5 Å². The van der Waals surface area contributed by atoms with Crippen molar-refractivity contribution in [1.82, 2.24) is 0 Å². The molecule has 1 atom stereocenters. The number of aryl methyl sites for hydroxylation is 1. The Labute approximate surface area is 152 Å². The number of piperidine rings is 1. The minimum Gasteiger partial charge on any atom is -0.423 e. The molecule has 1 heterocycles. The first kappa shape index (κ1) is 17.9. The molecule has 0 N–H and O–H groups in total. The summed E-state index contributed by atoms with van der Waals surface area (Å²) < 4.78 is 5.32. The van der Waals surface area contributed by atoms with Crippen molar-refractivity contribution in [2.45, 2.75) is 26.7 Å². The van der Waals surface area contributed by atoms with Gasteiger partial charge in [-0.1, -0.05) is 24.6 Å². The number of nitrogens with zero attached hydrogens (tertiary/aromatic N) is 2. The highest BCUT2D eigenvalue weighted by atomic mass is 16.6. The predicted octanol–water partition coefficient (Wildman–Crippen LogP) is 4.36. The van der Waals surface area contributed by atoms with E-state index < -0.39 is 10.9 Å². The van der Waals surface area contributed by atoms with E-state index in [9.17, 15) is 14.9 Å². The summed E-state index contributed by atoms with van der Waals surface area (Å²) in [5.41, 5.74) is 1.73. The molecule has 0 saturated carbocycles. The van der Waals surface area contributed by atoms with E-state index in [0.29, 0.717) is 17.4 Å². The Bertz CT molecular complexity index is 817. The molecule has 0 unspecified atom stereocenters. The number of esters is 1. The van der Waals surface area contributed by atoms with Gasteiger partial charge in [-0.25, -0.2) is 4.79 Å². The van der Waals surface area contributed by atoms with Crippen LogP contribution in [0.1, 0.15) is 35.7 Å². The Morgan fingerprint density at radius 1 is 1.23 bits per heavy atom. The molecule has 1 saturated heterocycles. The Kier molecular flexibility index (Phi) is 5.21. The van der Waals surface area contributed by atoms with E-state index in [2.05, 4.69) is 6.92 Å². The van der Waals surface area contributed by atoms with Crippen molar-refractivity contribution in [1.29, 1.82) is 0 Å². The van der Waals surface area contributed by atoms with Gasteiger partial charge in [0.1, 0.15) is 11.4 Å². The third kappa shape index (κ3) is 4.02. The maximum absolute atomic E-state index is 12.4. The molecule has 0 aliphatic carbocycles. The topological polar surface area (TPSA) is 72.7 Å². The van der Waals surface area contributed by atoms with Crippen molar-refractivity contribution in [2.75, 3.05) is 18.0 Å². The van der Waals surface area contributed by atoms with Crippen molar-refractivity contribution < 1.29 is 14.5 Å². The zero-order valence-electron chi connectivity index (χ0n) is 15.0. The Morgan fingerprint density at radius 2 is 1.96 bits per heavy atom. The highest BCUT2D eigenvalue weighted by Crippen LogP contribution is 2.32. The van der Waals surface area contributed by atoms with Crippen molar-refractivity contribution >= 4 is 17.3 Å². The molecule has 26 heavy (non-hydrogen) atoms. The van der Waals surface area contributed by atoms with Crippen LogP contribution >= 0.6 is 0 Å². The van der Waals surface area contributed by atoms with Crippen LogP contribution in [0.15, 0.2) is 42.5 Å². The quantitative estimate of drug-likeness (QED) is 0.353. The number of benzene rings is 2. The summed E-state index contributed by atoms with van der Waals surface area (Å²) in [6.45, 7) is 5.66. The van der Waals surface area contributed by atoms with Gasteiger partial charge in [0.15, 0.2) is 0 Å². The van der Waals surface area contributed by atoms with Crippen LogP contribution in [0.25, 0.3) is 0 Å². The molecule has 1 fully saturated rings. The minimum atomic E-state index is -0.601. The number of nitro benzene ring substituents is 1. The molecule has 3 rings (SSSR count). The lowest BCUT2D eigenvalue weighted by Gasteiger charge is -2.32. The largest absolute Gasteiger partial charge is 0.423 e. The van der Waals surface area contributed by atoms with Crippen LogP contribution < -0.4 is 9.64 Å². The Hall–Kier alpha value is -2.89. The summed E-state index contributed by atoms with van der Waals surface area (Å²) in [6.07, 6.45) is 2.14. The van der Waals surface area contributed by atoms with E-state index in [4.69, 9.17) is 4.74 Å². The van der Waals surface area contributed by atoms with Gasteiger partial charge in [0, 0.05) is 19.2 Å². The summed E-state index contributed by atoms with van der Waals surface area (Å²) in [7, 11) is 0. The number of rotatable bonds is 4. The molecule has 0 bridgehead atoms. The molecule has 6 nitrogen and oxygen atoms in total. The molecule has 2 aromatic rings. The molecule has 0 radical (unpaired) electrons. The zero-order chi connectivity index (χ0) is 18.7. The second kappa shape index (κ2) is 7.56. The maximum Gasteiger partial charge on any atom is 0.343 e. The average molecular weight is 354 g/mol. The number of ether oxygens (including phenoxy) is 1. The fraction of sp³-hybridized carbons (Fsp3) is 0.350. The normalized spacial score (nSPS) is 17.0. The fourth-order valence-electron chi connectivity index (χ4n) is 3.24. The van der Waals surface area contributed by atoms with Crippen molar-refractivity contribution in [2.24, 2.45) is 5.92 Å². The second-order valence-corrected chi connectivity index (χ2v) is 6.86. The standard InChI is InChI=1S/C20H22N2O4/c1-14-5-8-17(9-6-14)26-20(23)16-7-10-18(19(12-16)22(24)25)21-11-3-4-15(2)13-21/h5-10,12,15H,3-4,11,13H2,1-2H3/t15-/m0/s1. The first-order valence-corrected chi connectivity index (χ1v) is 8.76. The van der Waals surface area contributed by atoms with Gasteiger partial charge < -0.3 is 9.64 Å². The summed E-state index contributed by atoms with van der Waals surface area (Å²) in [4.78, 5) is 25.5. The van der Waals surface area contributed by atoms with Gasteiger partial charge in [0.05, 0.1) is 10.5 Å². The van der Waals surface area contributed by atoms with Gasteiger partial charge in [-0.3, -0.25) is 10.1 Å². The molecule has 0 aromatic heterocycles. The number of hydrogen-bond donors (Lipinski definition) is 0. The first-order valence-electron chi connectivity index (χ1n) is 8.76. The summed E-state index contributed by atoms with van der Waals surface area (Å²) >= 11 is 0. The van der Waals surface area contributed by atoms with Crippen molar-refractivity contribution in [3.8, 4) is 5.75 Å². The van der Waals surface area contributed by atoms with Crippen molar-refractivity contribution in [3.05, 3.63) is 63.7 Å². The fourth-order valence-corrected chi connectivity index (χ4v) is 3.24. The third-order valence-electron chi connectivity index (χ3n) is 4.64. The summed E-state index contributed by atoms with van der Waals surface area (Å²) in [6, 6.07) is 11.6. The SMILES string of the molecule is Cc1ccc(OC(=O)c2ccc(N3CCC[C@H](C)C3)c([N+](=O)[O-])c2)cc1. The average Bonchev–Trinajstić information content (AvgIpc) is 2.63. The van der Waals surface area contributed by atoms with Gasteiger partial charge in [-0.2, -0.15) is 0 Å². The highest BCUT2D eigenvalue weighted by molar-refractivity contribution is 5.93. The van der Waals surface area contributed by atoms with E-state index in [1.807, 2.05) is 24.0 Å². The van der Waals surface area contributed by atoms with Gasteiger partial charge in [0.25, 0.3) is 5.69 Å². The smallest absolute Gasteiger partial charge is 0.343 e. The summed E-state index contributed by atoms with van der Waals surface area (Å²) in [5.74, 6) is 0.308.